The van der Waals surface area contributed by atoms with E-state index in [1.54, 1.807) is 20.8 Å². The Kier molecular flexibility index (Phi) is 18.9. The maximum atomic E-state index is 11.6. The van der Waals surface area contributed by atoms with Gasteiger partial charge in [-0.2, -0.15) is 20.8 Å². The van der Waals surface area contributed by atoms with E-state index < -0.39 is 14.6 Å². The van der Waals surface area contributed by atoms with Crippen molar-refractivity contribution in [1.82, 2.24) is 5.32 Å². The molecule has 0 aromatic carbocycles. The van der Waals surface area contributed by atoms with E-state index in [0.29, 0.717) is 6.42 Å². The Hall–Kier alpha value is 0.524. The van der Waals surface area contributed by atoms with E-state index in [1.807, 2.05) is 0 Å². The third kappa shape index (κ3) is 16.6. The maximum absolute atomic E-state index is 11.6. The molecule has 4 nitrogen and oxygen atoms in total. The third-order valence-electron chi connectivity index (χ3n) is 1.95. The molecule has 1 radical (unpaired) electrons. The zero-order chi connectivity index (χ0) is 15.0. The summed E-state index contributed by atoms with van der Waals surface area (Å²) in [5, 5.41) is 2.21. The second kappa shape index (κ2) is 13.2. The van der Waals surface area contributed by atoms with Crippen LogP contribution in [0.1, 0.15) is 61.8 Å². The van der Waals surface area contributed by atoms with E-state index in [0.717, 1.165) is 0 Å². The molecule has 0 aromatic heterocycles. The summed E-state index contributed by atoms with van der Waals surface area (Å²) in [6.45, 7) is 11.2. The fraction of sp³-hybridized carbons (Fsp3) is 0.786. The van der Waals surface area contributed by atoms with Gasteiger partial charge in [-0.3, -0.25) is 11.8 Å². The zero-order valence-electron chi connectivity index (χ0n) is 13.0. The van der Waals surface area contributed by atoms with E-state index in [4.69, 9.17) is 0 Å². The van der Waals surface area contributed by atoms with E-state index in [9.17, 15) is 13.2 Å². The van der Waals surface area contributed by atoms with Crippen molar-refractivity contribution in [2.75, 3.05) is 5.75 Å². The quantitative estimate of drug-likeness (QED) is 0.760. The average Bonchev–Trinajstić information content (AvgIpc) is 2.14. The molecule has 0 aliphatic heterocycles. The van der Waals surface area contributed by atoms with Gasteiger partial charge in [0.2, 0.25) is 0 Å². The second-order valence-corrected chi connectivity index (χ2v) is 8.50. The summed E-state index contributed by atoms with van der Waals surface area (Å²) in [5.74, 6) is 1.23. The van der Waals surface area contributed by atoms with Crippen molar-refractivity contribution in [2.45, 2.75) is 66.6 Å². The smallest absolute Gasteiger partial charge is 0.190 e. The topological polar surface area (TPSA) is 63.2 Å². The number of amides is 1. The molecule has 0 rings (SSSR count). The predicted molar refractivity (Wildman–Crippen MR) is 83.3 cm³/mol. The van der Waals surface area contributed by atoms with Crippen molar-refractivity contribution in [3.63, 3.8) is 0 Å². The van der Waals surface area contributed by atoms with Crippen molar-refractivity contribution in [3.8, 4) is 0 Å². The van der Waals surface area contributed by atoms with Gasteiger partial charge in [0.25, 0.3) is 0 Å². The Balaban J connectivity index is -0.000000188. The largest absolute Gasteiger partial charge is 0.508 e. The van der Waals surface area contributed by atoms with Crippen LogP contribution in [0.3, 0.4) is 0 Å². The van der Waals surface area contributed by atoms with Crippen molar-refractivity contribution in [3.05, 3.63) is 13.0 Å². The zero-order valence-corrected chi connectivity index (χ0v) is 16.7. The van der Waals surface area contributed by atoms with E-state index in [2.05, 4.69) is 33.1 Å². The molecular formula is C14H31NO3SY-2. The van der Waals surface area contributed by atoms with Crippen LogP contribution in [-0.2, 0) is 47.3 Å². The Morgan fingerprint density at radius 2 is 1.55 bits per heavy atom. The molecule has 0 bridgehead atoms. The van der Waals surface area contributed by atoms with Gasteiger partial charge < -0.3 is 11.2 Å². The molecule has 121 valence electrons. The first-order valence-corrected chi connectivity index (χ1v) is 7.64. The Labute approximate surface area is 151 Å². The Morgan fingerprint density at radius 3 is 1.80 bits per heavy atom. The summed E-state index contributed by atoms with van der Waals surface area (Å²) in [4.78, 5) is 10.8. The van der Waals surface area contributed by atoms with Gasteiger partial charge in [-0.25, -0.2) is 8.42 Å². The number of hydrogen-bond acceptors (Lipinski definition) is 3. The van der Waals surface area contributed by atoms with Gasteiger partial charge in [0.05, 0.1) is 10.5 Å². The molecule has 0 aliphatic carbocycles. The molecule has 0 unspecified atom stereocenters. The van der Waals surface area contributed by atoms with Crippen LogP contribution in [0.15, 0.2) is 0 Å². The average molecular weight is 382 g/mol. The number of nitrogens with one attached hydrogen (secondary N) is 1. The summed E-state index contributed by atoms with van der Waals surface area (Å²) in [5.41, 5.74) is 0. The molecule has 0 aromatic rings. The molecule has 0 atom stereocenters. The van der Waals surface area contributed by atoms with Gasteiger partial charge >= 0.3 is 0 Å². The number of hydrogen-bond donors (Lipinski definition) is 1. The normalized spacial score (nSPS) is 10.6. The van der Waals surface area contributed by atoms with Crippen LogP contribution in [0.5, 0.6) is 0 Å². The maximum Gasteiger partial charge on any atom is 0.190 e. The molecule has 0 fully saturated rings. The van der Waals surface area contributed by atoms with Gasteiger partial charge in [0.1, 0.15) is 0 Å². The molecule has 1 amide bonds. The van der Waals surface area contributed by atoms with E-state index in [-0.39, 0.29) is 58.2 Å². The molecule has 0 saturated heterocycles. The number of carbonyl (C=O) groups excluding carboxylic acids is 1. The minimum absolute atomic E-state index is 0. The third-order valence-corrected chi connectivity index (χ3v) is 4.64. The first kappa shape index (κ1) is 28.7. The molecule has 20 heavy (non-hydrogen) atoms. The molecule has 0 spiro atoms. The SMILES string of the molecule is C.C[C-](C)C.[CH2-]NC(=O)CCCS(=O)(=O)C(C)(C)C.[Y]. The van der Waals surface area contributed by atoms with Crippen LogP contribution in [0.4, 0.5) is 0 Å². The number of rotatable bonds is 4. The van der Waals surface area contributed by atoms with Crippen molar-refractivity contribution < 1.29 is 45.9 Å². The Bertz CT molecular complexity index is 330. The number of sulfone groups is 1. The Morgan fingerprint density at radius 1 is 1.20 bits per heavy atom. The molecule has 0 saturated carbocycles. The van der Waals surface area contributed by atoms with Gasteiger partial charge in [0, 0.05) is 39.1 Å². The molecule has 0 heterocycles. The van der Waals surface area contributed by atoms with Gasteiger partial charge in [0.15, 0.2) is 15.7 Å². The fourth-order valence-corrected chi connectivity index (χ4v) is 1.95. The fourth-order valence-electron chi connectivity index (χ4n) is 0.817. The van der Waals surface area contributed by atoms with Crippen molar-refractivity contribution in [1.29, 1.82) is 0 Å². The van der Waals surface area contributed by atoms with E-state index >= 15 is 0 Å². The summed E-state index contributed by atoms with van der Waals surface area (Å²) in [6, 6.07) is 0. The second-order valence-electron chi connectivity index (χ2n) is 5.63. The van der Waals surface area contributed by atoms with E-state index in [1.165, 1.54) is 5.92 Å². The van der Waals surface area contributed by atoms with Gasteiger partial charge in [-0.15, -0.1) is 0 Å². The predicted octanol–water partition coefficient (Wildman–Crippen LogP) is 3.14. The van der Waals surface area contributed by atoms with Crippen molar-refractivity contribution >= 4 is 15.7 Å². The standard InChI is InChI=1S/C9H18NO3S.C4H9.CH4.Y/c1-9(2,3)14(12,13)7-5-6-8(11)10-4;1-4(2)3;;/h4-7H2,1-3H3,(H,10,11);1-3H3;1H4;/q2*-1;;. The van der Waals surface area contributed by atoms with Crippen LogP contribution >= 0.6 is 0 Å². The summed E-state index contributed by atoms with van der Waals surface area (Å²) in [7, 11) is 0.0984. The summed E-state index contributed by atoms with van der Waals surface area (Å²) < 4.78 is 22.4. The van der Waals surface area contributed by atoms with Gasteiger partial charge in [-0.1, -0.05) is 7.43 Å². The van der Waals surface area contributed by atoms with Crippen LogP contribution < -0.4 is 5.32 Å². The van der Waals surface area contributed by atoms with Crippen molar-refractivity contribution in [2.24, 2.45) is 0 Å². The monoisotopic (exact) mass is 382 g/mol. The van der Waals surface area contributed by atoms with Crippen LogP contribution in [0.25, 0.3) is 0 Å². The first-order chi connectivity index (χ1) is 7.94. The summed E-state index contributed by atoms with van der Waals surface area (Å²) >= 11 is 0. The molecule has 1 N–H and O–H groups in total. The summed E-state index contributed by atoms with van der Waals surface area (Å²) in [6.07, 6.45) is 0.555. The molecule has 0 aliphatic rings. The van der Waals surface area contributed by atoms with Crippen LogP contribution in [-0.4, -0.2) is 24.8 Å². The molecular weight excluding hydrogens is 351 g/mol. The van der Waals surface area contributed by atoms with Crippen LogP contribution in [0.2, 0.25) is 0 Å². The van der Waals surface area contributed by atoms with Crippen LogP contribution in [0, 0.1) is 13.0 Å². The van der Waals surface area contributed by atoms with Gasteiger partial charge in [-0.05, 0) is 27.2 Å². The minimum Gasteiger partial charge on any atom is -0.508 e. The number of carbonyl (C=O) groups is 1. The molecule has 6 heteroatoms. The first-order valence-electron chi connectivity index (χ1n) is 5.99. The minimum atomic E-state index is -3.10.